The third kappa shape index (κ3) is 1.67. The maximum absolute atomic E-state index is 5.87. The standard InChI is InChI=1S/C19H17NO5/c1-21-19-15-10(6-13-18(19)25-8-23-13)4-11-14-9(2-3-20-11)5-12-17(16(14)15)24-7-22-12/h5-6,11,20H,2-4,7-8H2,1H3/t11-/m0/s1. The van der Waals surface area contributed by atoms with Crippen molar-refractivity contribution in [2.24, 2.45) is 0 Å². The Labute approximate surface area is 144 Å². The zero-order valence-corrected chi connectivity index (χ0v) is 13.8. The minimum Gasteiger partial charge on any atom is -0.492 e. The van der Waals surface area contributed by atoms with Crippen LogP contribution in [0.15, 0.2) is 12.1 Å². The number of nitrogens with one attached hydrogen (secondary N) is 1. The molecule has 2 aromatic carbocycles. The molecule has 25 heavy (non-hydrogen) atoms. The first-order valence-corrected chi connectivity index (χ1v) is 8.53. The predicted octanol–water partition coefficient (Wildman–Crippen LogP) is 2.56. The highest BCUT2D eigenvalue weighted by Crippen LogP contribution is 2.58. The Morgan fingerprint density at radius 3 is 2.56 bits per heavy atom. The highest BCUT2D eigenvalue weighted by Gasteiger charge is 2.39. The van der Waals surface area contributed by atoms with Crippen LogP contribution >= 0.6 is 0 Å². The summed E-state index contributed by atoms with van der Waals surface area (Å²) in [7, 11) is 1.68. The molecule has 0 saturated carbocycles. The Morgan fingerprint density at radius 2 is 1.72 bits per heavy atom. The maximum atomic E-state index is 5.87. The molecule has 2 aromatic rings. The molecule has 0 saturated heterocycles. The Balaban J connectivity index is 1.73. The molecule has 1 aliphatic carbocycles. The van der Waals surface area contributed by atoms with Crippen molar-refractivity contribution in [3.63, 3.8) is 0 Å². The maximum Gasteiger partial charge on any atom is 0.231 e. The molecule has 0 fully saturated rings. The quantitative estimate of drug-likeness (QED) is 0.862. The van der Waals surface area contributed by atoms with Gasteiger partial charge >= 0.3 is 0 Å². The topological polar surface area (TPSA) is 58.2 Å². The Kier molecular flexibility index (Phi) is 2.58. The van der Waals surface area contributed by atoms with Gasteiger partial charge in [-0.25, -0.2) is 0 Å². The molecule has 0 spiro atoms. The van der Waals surface area contributed by atoms with E-state index >= 15 is 0 Å². The molecule has 0 unspecified atom stereocenters. The predicted molar refractivity (Wildman–Crippen MR) is 88.8 cm³/mol. The number of ether oxygens (including phenoxy) is 5. The fourth-order valence-corrected chi connectivity index (χ4v) is 4.53. The van der Waals surface area contributed by atoms with Crippen molar-refractivity contribution in [1.29, 1.82) is 0 Å². The van der Waals surface area contributed by atoms with Gasteiger partial charge in [0.15, 0.2) is 23.0 Å². The molecule has 0 bridgehead atoms. The second-order valence-electron chi connectivity index (χ2n) is 6.70. The van der Waals surface area contributed by atoms with Crippen molar-refractivity contribution in [1.82, 2.24) is 5.32 Å². The van der Waals surface area contributed by atoms with Gasteiger partial charge in [0.1, 0.15) is 0 Å². The van der Waals surface area contributed by atoms with Crippen molar-refractivity contribution in [2.75, 3.05) is 27.2 Å². The second kappa shape index (κ2) is 4.73. The molecular formula is C19H17NO5. The van der Waals surface area contributed by atoms with Crippen LogP contribution in [-0.2, 0) is 12.8 Å². The van der Waals surface area contributed by atoms with E-state index in [0.29, 0.717) is 5.75 Å². The summed E-state index contributed by atoms with van der Waals surface area (Å²) in [6, 6.07) is 4.49. The molecular weight excluding hydrogens is 322 g/mol. The van der Waals surface area contributed by atoms with Crippen LogP contribution in [0.3, 0.4) is 0 Å². The molecule has 6 rings (SSSR count). The van der Waals surface area contributed by atoms with Crippen molar-refractivity contribution >= 4 is 0 Å². The van der Waals surface area contributed by atoms with E-state index in [-0.39, 0.29) is 19.6 Å². The second-order valence-corrected chi connectivity index (χ2v) is 6.70. The van der Waals surface area contributed by atoms with Gasteiger partial charge in [-0.3, -0.25) is 0 Å². The van der Waals surface area contributed by atoms with E-state index in [2.05, 4.69) is 17.4 Å². The summed E-state index contributed by atoms with van der Waals surface area (Å²) in [5.74, 6) is 3.78. The first kappa shape index (κ1) is 13.7. The summed E-state index contributed by atoms with van der Waals surface area (Å²) < 4.78 is 28.7. The molecule has 0 aromatic heterocycles. The summed E-state index contributed by atoms with van der Waals surface area (Å²) >= 11 is 0. The fourth-order valence-electron chi connectivity index (χ4n) is 4.53. The Morgan fingerprint density at radius 1 is 0.960 bits per heavy atom. The molecule has 128 valence electrons. The average molecular weight is 339 g/mol. The van der Waals surface area contributed by atoms with Crippen LogP contribution in [-0.4, -0.2) is 27.2 Å². The first-order chi connectivity index (χ1) is 12.3. The first-order valence-electron chi connectivity index (χ1n) is 8.53. The molecule has 6 nitrogen and oxygen atoms in total. The van der Waals surface area contributed by atoms with Crippen LogP contribution in [0.5, 0.6) is 28.7 Å². The smallest absolute Gasteiger partial charge is 0.231 e. The number of hydrogen-bond acceptors (Lipinski definition) is 6. The normalized spacial score (nSPS) is 20.9. The van der Waals surface area contributed by atoms with Crippen molar-refractivity contribution in [3.05, 3.63) is 28.8 Å². The zero-order valence-electron chi connectivity index (χ0n) is 13.8. The van der Waals surface area contributed by atoms with Crippen molar-refractivity contribution in [2.45, 2.75) is 18.9 Å². The van der Waals surface area contributed by atoms with Crippen LogP contribution < -0.4 is 29.0 Å². The highest BCUT2D eigenvalue weighted by molar-refractivity contribution is 5.90. The molecule has 3 heterocycles. The van der Waals surface area contributed by atoms with Crippen LogP contribution in [0.25, 0.3) is 11.1 Å². The van der Waals surface area contributed by atoms with Crippen LogP contribution in [0.2, 0.25) is 0 Å². The summed E-state index contributed by atoms with van der Waals surface area (Å²) in [5, 5.41) is 3.65. The van der Waals surface area contributed by atoms with Gasteiger partial charge in [0, 0.05) is 17.2 Å². The monoisotopic (exact) mass is 339 g/mol. The van der Waals surface area contributed by atoms with Gasteiger partial charge in [0.2, 0.25) is 19.3 Å². The number of benzene rings is 2. The van der Waals surface area contributed by atoms with E-state index in [1.165, 1.54) is 16.7 Å². The van der Waals surface area contributed by atoms with Crippen LogP contribution in [0, 0.1) is 0 Å². The lowest BCUT2D eigenvalue weighted by atomic mass is 9.76. The number of methoxy groups -OCH3 is 1. The van der Waals surface area contributed by atoms with E-state index in [1.807, 2.05) is 0 Å². The van der Waals surface area contributed by atoms with E-state index in [0.717, 1.165) is 53.5 Å². The van der Waals surface area contributed by atoms with Crippen LogP contribution in [0.1, 0.15) is 22.7 Å². The Hall–Kier alpha value is -2.60. The molecule has 3 aliphatic heterocycles. The largest absolute Gasteiger partial charge is 0.492 e. The summed E-state index contributed by atoms with van der Waals surface area (Å²) in [4.78, 5) is 0. The van der Waals surface area contributed by atoms with Crippen molar-refractivity contribution < 1.29 is 23.7 Å². The zero-order chi connectivity index (χ0) is 16.5. The van der Waals surface area contributed by atoms with Gasteiger partial charge in [0.25, 0.3) is 0 Å². The van der Waals surface area contributed by atoms with Crippen molar-refractivity contribution in [3.8, 4) is 39.9 Å². The van der Waals surface area contributed by atoms with E-state index in [9.17, 15) is 0 Å². The third-order valence-electron chi connectivity index (χ3n) is 5.50. The fraction of sp³-hybridized carbons (Fsp3) is 0.368. The third-order valence-corrected chi connectivity index (χ3v) is 5.50. The molecule has 1 atom stereocenters. The SMILES string of the molecule is COc1c2c(cc3c1-c1c4c(cc5c1[C@H](C3)NCC5)OCO4)OCO2. The molecule has 1 N–H and O–H groups in total. The van der Waals surface area contributed by atoms with Gasteiger partial charge < -0.3 is 29.0 Å². The van der Waals surface area contributed by atoms with E-state index in [4.69, 9.17) is 23.7 Å². The van der Waals surface area contributed by atoms with Crippen LogP contribution in [0.4, 0.5) is 0 Å². The lowest BCUT2D eigenvalue weighted by Gasteiger charge is -2.35. The van der Waals surface area contributed by atoms with E-state index in [1.54, 1.807) is 7.11 Å². The highest BCUT2D eigenvalue weighted by atomic mass is 16.7. The van der Waals surface area contributed by atoms with E-state index < -0.39 is 0 Å². The van der Waals surface area contributed by atoms with Gasteiger partial charge in [-0.1, -0.05) is 0 Å². The minimum absolute atomic E-state index is 0.223. The average Bonchev–Trinajstić information content (AvgIpc) is 3.28. The summed E-state index contributed by atoms with van der Waals surface area (Å²) in [6.45, 7) is 1.44. The number of hydrogen-bond donors (Lipinski definition) is 1. The minimum atomic E-state index is 0.223. The lowest BCUT2D eigenvalue weighted by Crippen LogP contribution is -2.33. The molecule has 0 amide bonds. The molecule has 6 heteroatoms. The lowest BCUT2D eigenvalue weighted by molar-refractivity contribution is 0.171. The van der Waals surface area contributed by atoms with Gasteiger partial charge in [-0.05, 0) is 48.2 Å². The van der Waals surface area contributed by atoms with Gasteiger partial charge in [0.05, 0.1) is 7.11 Å². The van der Waals surface area contributed by atoms with Gasteiger partial charge in [-0.15, -0.1) is 0 Å². The number of fused-ring (bicyclic) bond motifs is 5. The molecule has 0 radical (unpaired) electrons. The molecule has 4 aliphatic rings. The summed E-state index contributed by atoms with van der Waals surface area (Å²) in [5.41, 5.74) is 5.94. The summed E-state index contributed by atoms with van der Waals surface area (Å²) in [6.07, 6.45) is 1.87. The Bertz CT molecular complexity index is 923. The number of rotatable bonds is 1. The van der Waals surface area contributed by atoms with Gasteiger partial charge in [-0.2, -0.15) is 0 Å².